The number of anilines is 1. The number of para-hydroxylation sites is 1. The molecule has 3 aromatic heterocycles. The van der Waals surface area contributed by atoms with Crippen LogP contribution in [-0.2, 0) is 5.41 Å². The number of carbonyl (C=O) groups is 1. The summed E-state index contributed by atoms with van der Waals surface area (Å²) in [4.78, 5) is 30.3. The van der Waals surface area contributed by atoms with E-state index in [0.29, 0.717) is 12.1 Å². The molecule has 0 aliphatic carbocycles. The first-order chi connectivity index (χ1) is 16.3. The van der Waals surface area contributed by atoms with E-state index in [4.69, 9.17) is 0 Å². The Bertz CT molecular complexity index is 1320. The molecule has 0 fully saturated rings. The molecular weight excluding hydrogens is 456 g/mol. The standard InChI is InChI=1S/C27H30N6O.H2S/c1-17(19-7-6-8-20-21(26(34)28-5)11-12-29-25(19)20)14-31-24-13-22(32-16-33-24)18-9-10-23(30-15-18)27(2,3)4;/h6-13,15-17H,14H2,1-5H3,(H,28,34)(H,31,32,33);1H2/t17-;/m1./s1. The first-order valence-electron chi connectivity index (χ1n) is 11.4. The van der Waals surface area contributed by atoms with Gasteiger partial charge in [0.2, 0.25) is 0 Å². The van der Waals surface area contributed by atoms with Crippen molar-refractivity contribution in [3.8, 4) is 11.3 Å². The molecule has 182 valence electrons. The van der Waals surface area contributed by atoms with Crippen molar-refractivity contribution in [3.63, 3.8) is 0 Å². The molecule has 8 heteroatoms. The second-order valence-corrected chi connectivity index (χ2v) is 9.43. The minimum absolute atomic E-state index is 0. The van der Waals surface area contributed by atoms with Crippen LogP contribution in [-0.4, -0.2) is 39.4 Å². The van der Waals surface area contributed by atoms with Crippen molar-refractivity contribution < 1.29 is 4.79 Å². The smallest absolute Gasteiger partial charge is 0.251 e. The van der Waals surface area contributed by atoms with Crippen LogP contribution in [0.4, 0.5) is 5.82 Å². The van der Waals surface area contributed by atoms with Crippen molar-refractivity contribution in [1.29, 1.82) is 0 Å². The average molecular weight is 489 g/mol. The Morgan fingerprint density at radius 1 is 1.03 bits per heavy atom. The van der Waals surface area contributed by atoms with Gasteiger partial charge in [-0.15, -0.1) is 0 Å². The molecule has 0 radical (unpaired) electrons. The second-order valence-electron chi connectivity index (χ2n) is 9.43. The minimum Gasteiger partial charge on any atom is -0.369 e. The molecule has 35 heavy (non-hydrogen) atoms. The van der Waals surface area contributed by atoms with Gasteiger partial charge in [-0.25, -0.2) is 9.97 Å². The third-order valence-electron chi connectivity index (χ3n) is 5.89. The molecule has 0 unspecified atom stereocenters. The number of pyridine rings is 2. The van der Waals surface area contributed by atoms with Crippen molar-refractivity contribution in [2.45, 2.75) is 39.0 Å². The molecule has 0 aliphatic rings. The first-order valence-corrected chi connectivity index (χ1v) is 11.4. The molecule has 4 aromatic rings. The number of amides is 1. The monoisotopic (exact) mass is 488 g/mol. The van der Waals surface area contributed by atoms with Crippen molar-refractivity contribution in [2.75, 3.05) is 18.9 Å². The van der Waals surface area contributed by atoms with E-state index >= 15 is 0 Å². The summed E-state index contributed by atoms with van der Waals surface area (Å²) in [7, 11) is 1.63. The fraction of sp³-hybridized carbons (Fsp3) is 0.296. The maximum Gasteiger partial charge on any atom is 0.251 e. The summed E-state index contributed by atoms with van der Waals surface area (Å²) in [6, 6.07) is 13.8. The summed E-state index contributed by atoms with van der Waals surface area (Å²) in [5, 5.41) is 6.97. The van der Waals surface area contributed by atoms with Crippen molar-refractivity contribution >= 4 is 36.1 Å². The van der Waals surface area contributed by atoms with Gasteiger partial charge < -0.3 is 10.6 Å². The molecular formula is C27H32N6OS. The summed E-state index contributed by atoms with van der Waals surface area (Å²) in [5.41, 5.74) is 5.36. The Labute approximate surface area is 213 Å². The van der Waals surface area contributed by atoms with Gasteiger partial charge in [0.05, 0.1) is 16.8 Å². The molecule has 1 atom stereocenters. The molecule has 1 aromatic carbocycles. The molecule has 0 saturated heterocycles. The minimum atomic E-state index is -0.117. The van der Waals surface area contributed by atoms with E-state index in [0.717, 1.165) is 39.2 Å². The molecule has 0 bridgehead atoms. The summed E-state index contributed by atoms with van der Waals surface area (Å²) in [6.45, 7) is 9.23. The van der Waals surface area contributed by atoms with Gasteiger partial charge in [-0.05, 0) is 23.8 Å². The lowest BCUT2D eigenvalue weighted by atomic mass is 9.91. The highest BCUT2D eigenvalue weighted by Crippen LogP contribution is 2.27. The fourth-order valence-corrected chi connectivity index (χ4v) is 3.90. The maximum absolute atomic E-state index is 12.3. The van der Waals surface area contributed by atoms with Crippen LogP contribution in [0.15, 0.2) is 61.2 Å². The van der Waals surface area contributed by atoms with Crippen molar-refractivity contribution in [3.05, 3.63) is 78.0 Å². The van der Waals surface area contributed by atoms with E-state index in [1.165, 1.54) is 0 Å². The average Bonchev–Trinajstić information content (AvgIpc) is 2.85. The van der Waals surface area contributed by atoms with Crippen LogP contribution in [0.2, 0.25) is 0 Å². The molecule has 0 aliphatic heterocycles. The molecule has 0 spiro atoms. The molecule has 7 nitrogen and oxygen atoms in total. The Hall–Kier alpha value is -3.52. The van der Waals surface area contributed by atoms with Crippen LogP contribution in [0, 0.1) is 0 Å². The zero-order valence-electron chi connectivity index (χ0n) is 20.8. The van der Waals surface area contributed by atoms with Gasteiger partial charge in [0, 0.05) is 60.0 Å². The number of hydrogen-bond donors (Lipinski definition) is 2. The lowest BCUT2D eigenvalue weighted by Crippen LogP contribution is -2.18. The predicted octanol–water partition coefficient (Wildman–Crippen LogP) is 5.07. The van der Waals surface area contributed by atoms with Gasteiger partial charge in [-0.2, -0.15) is 13.5 Å². The molecule has 1 amide bonds. The van der Waals surface area contributed by atoms with Crippen LogP contribution >= 0.6 is 13.5 Å². The van der Waals surface area contributed by atoms with Crippen molar-refractivity contribution in [2.24, 2.45) is 0 Å². The molecule has 0 saturated carbocycles. The Balaban J connectivity index is 0.00000342. The van der Waals surface area contributed by atoms with Crippen LogP contribution in [0.25, 0.3) is 22.2 Å². The van der Waals surface area contributed by atoms with Crippen LogP contribution in [0.3, 0.4) is 0 Å². The highest BCUT2D eigenvalue weighted by molar-refractivity contribution is 7.59. The van der Waals surface area contributed by atoms with Gasteiger partial charge in [0.15, 0.2) is 0 Å². The molecule has 4 rings (SSSR count). The molecule has 3 heterocycles. The van der Waals surface area contributed by atoms with Gasteiger partial charge >= 0.3 is 0 Å². The topological polar surface area (TPSA) is 92.7 Å². The van der Waals surface area contributed by atoms with E-state index in [2.05, 4.69) is 64.3 Å². The number of benzene rings is 1. The van der Waals surface area contributed by atoms with E-state index in [9.17, 15) is 4.79 Å². The van der Waals surface area contributed by atoms with Gasteiger partial charge in [0.1, 0.15) is 12.1 Å². The third kappa shape index (κ3) is 5.77. The zero-order valence-corrected chi connectivity index (χ0v) is 21.8. The highest BCUT2D eigenvalue weighted by atomic mass is 32.1. The number of nitrogens with one attached hydrogen (secondary N) is 2. The van der Waals surface area contributed by atoms with Crippen LogP contribution in [0.5, 0.6) is 0 Å². The van der Waals surface area contributed by atoms with Gasteiger partial charge in [-0.1, -0.05) is 45.9 Å². The first kappa shape index (κ1) is 26.1. The number of rotatable bonds is 6. The van der Waals surface area contributed by atoms with Gasteiger partial charge in [0.25, 0.3) is 5.91 Å². The van der Waals surface area contributed by atoms with Crippen molar-refractivity contribution in [1.82, 2.24) is 25.3 Å². The van der Waals surface area contributed by atoms with Gasteiger partial charge in [-0.3, -0.25) is 14.8 Å². The number of fused-ring (bicyclic) bond motifs is 1. The van der Waals surface area contributed by atoms with E-state index < -0.39 is 0 Å². The Morgan fingerprint density at radius 2 is 1.83 bits per heavy atom. The summed E-state index contributed by atoms with van der Waals surface area (Å²) < 4.78 is 0. The predicted molar refractivity (Wildman–Crippen MR) is 146 cm³/mol. The Kier molecular flexibility index (Phi) is 8.07. The lowest BCUT2D eigenvalue weighted by Gasteiger charge is -2.18. The summed E-state index contributed by atoms with van der Waals surface area (Å²) >= 11 is 0. The molecule has 2 N–H and O–H groups in total. The van der Waals surface area contributed by atoms with Crippen LogP contribution in [0.1, 0.15) is 55.2 Å². The van der Waals surface area contributed by atoms with E-state index in [-0.39, 0.29) is 30.7 Å². The normalized spacial score (nSPS) is 12.0. The van der Waals surface area contributed by atoms with E-state index in [1.54, 1.807) is 25.6 Å². The largest absolute Gasteiger partial charge is 0.369 e. The number of aromatic nitrogens is 4. The number of carbonyl (C=O) groups excluding carboxylic acids is 1. The van der Waals surface area contributed by atoms with E-state index in [1.807, 2.05) is 36.5 Å². The summed E-state index contributed by atoms with van der Waals surface area (Å²) in [6.07, 6.45) is 5.11. The quantitative estimate of drug-likeness (QED) is 0.394. The third-order valence-corrected chi connectivity index (χ3v) is 5.89. The SMILES string of the molecule is CNC(=O)c1ccnc2c([C@H](C)CNc3cc(-c4ccc(C(C)(C)C)nc4)ncn3)cccc12.S. The zero-order chi connectivity index (χ0) is 24.3. The summed E-state index contributed by atoms with van der Waals surface area (Å²) in [5.74, 6) is 0.771. The fourth-order valence-electron chi connectivity index (χ4n) is 3.90. The number of nitrogens with zero attached hydrogens (tertiary/aromatic N) is 4. The second kappa shape index (κ2) is 10.8. The Morgan fingerprint density at radius 3 is 2.51 bits per heavy atom. The maximum atomic E-state index is 12.3. The van der Waals surface area contributed by atoms with Crippen LogP contribution < -0.4 is 10.6 Å². The highest BCUT2D eigenvalue weighted by Gasteiger charge is 2.16. The number of hydrogen-bond acceptors (Lipinski definition) is 6. The lowest BCUT2D eigenvalue weighted by molar-refractivity contribution is 0.0964.